The smallest absolute Gasteiger partial charge is 0.409 e. The molecule has 0 unspecified atom stereocenters. The number of non-ortho nitro benzene ring substituents is 1. The summed E-state index contributed by atoms with van der Waals surface area (Å²) in [6.45, 7) is 0. The molecule has 0 spiro atoms. The van der Waals surface area contributed by atoms with Gasteiger partial charge in [-0.15, -0.1) is 11.3 Å². The first-order valence-electron chi connectivity index (χ1n) is 7.68. The van der Waals surface area contributed by atoms with Gasteiger partial charge >= 0.3 is 6.09 Å². The van der Waals surface area contributed by atoms with Crippen LogP contribution < -0.4 is 10.6 Å². The molecule has 3 aromatic rings. The summed E-state index contributed by atoms with van der Waals surface area (Å²) < 4.78 is 0. The number of anilines is 2. The fourth-order valence-electron chi connectivity index (χ4n) is 2.40. The average molecular weight is 383 g/mol. The van der Waals surface area contributed by atoms with Crippen molar-refractivity contribution in [2.24, 2.45) is 0 Å². The van der Waals surface area contributed by atoms with Crippen LogP contribution in [0.4, 0.5) is 21.9 Å². The number of carbonyl (C=O) groups excluding carboxylic acids is 1. The predicted octanol–water partition coefficient (Wildman–Crippen LogP) is 4.67. The summed E-state index contributed by atoms with van der Waals surface area (Å²) >= 11 is 1.51. The van der Waals surface area contributed by atoms with E-state index in [0.29, 0.717) is 0 Å². The third kappa shape index (κ3) is 4.28. The molecule has 0 saturated heterocycles. The van der Waals surface area contributed by atoms with Gasteiger partial charge in [0, 0.05) is 22.6 Å². The Morgan fingerprint density at radius 1 is 1.00 bits per heavy atom. The monoisotopic (exact) mass is 383 g/mol. The van der Waals surface area contributed by atoms with Crippen LogP contribution in [0.15, 0.2) is 60.0 Å². The Morgan fingerprint density at radius 2 is 1.74 bits per heavy atom. The van der Waals surface area contributed by atoms with Crippen LogP contribution in [0.1, 0.15) is 10.4 Å². The van der Waals surface area contributed by atoms with Crippen LogP contribution in [0.25, 0.3) is 10.4 Å². The molecule has 3 rings (SSSR count). The normalized spacial score (nSPS) is 10.2. The van der Waals surface area contributed by atoms with Gasteiger partial charge in [-0.25, -0.2) is 4.79 Å². The quantitative estimate of drug-likeness (QED) is 0.437. The third-order valence-electron chi connectivity index (χ3n) is 3.66. The summed E-state index contributed by atoms with van der Waals surface area (Å²) in [7, 11) is 0. The second kappa shape index (κ2) is 7.67. The van der Waals surface area contributed by atoms with Gasteiger partial charge in [0.05, 0.1) is 16.3 Å². The van der Waals surface area contributed by atoms with Gasteiger partial charge in [-0.05, 0) is 41.3 Å². The lowest BCUT2D eigenvalue weighted by atomic mass is 10.1. The first-order valence-corrected chi connectivity index (χ1v) is 8.55. The minimum absolute atomic E-state index is 0.125. The number of carbonyl (C=O) groups is 2. The summed E-state index contributed by atoms with van der Waals surface area (Å²) in [6, 6.07) is 13.9. The van der Waals surface area contributed by atoms with E-state index in [4.69, 9.17) is 5.11 Å². The van der Waals surface area contributed by atoms with Crippen LogP contribution in [0.2, 0.25) is 0 Å². The van der Waals surface area contributed by atoms with Gasteiger partial charge in [0.25, 0.3) is 11.6 Å². The zero-order valence-electron chi connectivity index (χ0n) is 13.7. The Hall–Kier alpha value is -3.72. The number of benzene rings is 2. The molecule has 0 aliphatic carbocycles. The zero-order chi connectivity index (χ0) is 19.4. The van der Waals surface area contributed by atoms with Crippen LogP contribution in [0.5, 0.6) is 0 Å². The van der Waals surface area contributed by atoms with Gasteiger partial charge < -0.3 is 10.4 Å². The number of hydrogen-bond donors (Lipinski definition) is 3. The van der Waals surface area contributed by atoms with Crippen molar-refractivity contribution in [3.05, 3.63) is 75.7 Å². The number of hydrogen-bond acceptors (Lipinski definition) is 5. The molecule has 0 saturated carbocycles. The number of thiophene rings is 1. The molecule has 0 aliphatic heterocycles. The lowest BCUT2D eigenvalue weighted by Gasteiger charge is -2.12. The molecule has 0 aliphatic rings. The van der Waals surface area contributed by atoms with E-state index in [-0.39, 0.29) is 22.6 Å². The van der Waals surface area contributed by atoms with Crippen molar-refractivity contribution in [2.45, 2.75) is 0 Å². The first-order chi connectivity index (χ1) is 12.9. The van der Waals surface area contributed by atoms with E-state index < -0.39 is 16.9 Å². The maximum atomic E-state index is 12.5. The van der Waals surface area contributed by atoms with Crippen LogP contribution in [-0.4, -0.2) is 22.0 Å². The maximum absolute atomic E-state index is 12.5. The molecule has 8 nitrogen and oxygen atoms in total. The van der Waals surface area contributed by atoms with Crippen molar-refractivity contribution in [3.8, 4) is 10.4 Å². The Morgan fingerprint density at radius 3 is 2.33 bits per heavy atom. The largest absolute Gasteiger partial charge is 0.465 e. The molecule has 136 valence electrons. The summed E-state index contributed by atoms with van der Waals surface area (Å²) in [4.78, 5) is 34.6. The topological polar surface area (TPSA) is 122 Å². The molecule has 1 heterocycles. The third-order valence-corrected chi connectivity index (χ3v) is 4.57. The zero-order valence-corrected chi connectivity index (χ0v) is 14.5. The molecule has 0 radical (unpaired) electrons. The highest BCUT2D eigenvalue weighted by Gasteiger charge is 2.14. The van der Waals surface area contributed by atoms with Crippen molar-refractivity contribution < 1.29 is 19.6 Å². The lowest BCUT2D eigenvalue weighted by Crippen LogP contribution is -2.15. The molecule has 0 atom stereocenters. The number of amides is 2. The van der Waals surface area contributed by atoms with Gasteiger partial charge in [-0.2, -0.15) is 0 Å². The maximum Gasteiger partial charge on any atom is 0.409 e. The molecule has 3 N–H and O–H groups in total. The van der Waals surface area contributed by atoms with Gasteiger partial charge in [0.15, 0.2) is 0 Å². The van der Waals surface area contributed by atoms with Crippen molar-refractivity contribution in [3.63, 3.8) is 0 Å². The van der Waals surface area contributed by atoms with Gasteiger partial charge in [-0.3, -0.25) is 20.2 Å². The minimum atomic E-state index is -1.26. The number of nitro benzene ring substituents is 1. The van der Waals surface area contributed by atoms with Crippen LogP contribution in [-0.2, 0) is 0 Å². The van der Waals surface area contributed by atoms with Gasteiger partial charge in [0.1, 0.15) is 0 Å². The Kier molecular flexibility index (Phi) is 5.13. The molecule has 2 aromatic carbocycles. The molecule has 2 amide bonds. The molecular weight excluding hydrogens is 370 g/mol. The lowest BCUT2D eigenvalue weighted by molar-refractivity contribution is -0.384. The number of carboxylic acid groups (broad SMARTS) is 1. The highest BCUT2D eigenvalue weighted by molar-refractivity contribution is 7.13. The van der Waals surface area contributed by atoms with Crippen molar-refractivity contribution in [1.29, 1.82) is 0 Å². The van der Waals surface area contributed by atoms with Crippen LogP contribution >= 0.6 is 11.3 Å². The molecule has 9 heteroatoms. The second-order valence-electron chi connectivity index (χ2n) is 5.43. The molecular formula is C18H13N3O5S. The Balaban J connectivity index is 1.90. The van der Waals surface area contributed by atoms with Crippen molar-refractivity contribution >= 4 is 40.4 Å². The fourth-order valence-corrected chi connectivity index (χ4v) is 3.12. The number of nitrogens with one attached hydrogen (secondary N) is 2. The van der Waals surface area contributed by atoms with E-state index in [0.717, 1.165) is 10.4 Å². The Bertz CT molecular complexity index is 1000. The molecule has 27 heavy (non-hydrogen) atoms. The summed E-state index contributed by atoms with van der Waals surface area (Å²) in [5.74, 6) is -0.512. The SMILES string of the molecule is O=C(O)Nc1ccc(-c2cccs2)cc1NC(=O)c1ccc([N+](=O)[O-])cc1. The second-order valence-corrected chi connectivity index (χ2v) is 6.37. The number of nitro groups is 1. The predicted molar refractivity (Wildman–Crippen MR) is 102 cm³/mol. The van der Waals surface area contributed by atoms with Gasteiger partial charge in [0.2, 0.25) is 0 Å². The number of nitrogens with zero attached hydrogens (tertiary/aromatic N) is 1. The minimum Gasteiger partial charge on any atom is -0.465 e. The number of rotatable bonds is 5. The molecule has 1 aromatic heterocycles. The summed E-state index contributed by atoms with van der Waals surface area (Å²) in [5.41, 5.74) is 1.41. The standard InChI is InChI=1S/C18H13N3O5S/c22-17(11-3-6-13(7-4-11)21(25)26)19-15-10-12(16-2-1-9-27-16)5-8-14(15)20-18(23)24/h1-10,20H,(H,19,22)(H,23,24). The first kappa shape index (κ1) is 18.1. The van der Waals surface area contributed by atoms with E-state index in [9.17, 15) is 19.7 Å². The van der Waals surface area contributed by atoms with Crippen LogP contribution in [0, 0.1) is 10.1 Å². The highest BCUT2D eigenvalue weighted by Crippen LogP contribution is 2.32. The molecule has 0 fully saturated rings. The van der Waals surface area contributed by atoms with E-state index in [2.05, 4.69) is 10.6 Å². The van der Waals surface area contributed by atoms with E-state index >= 15 is 0 Å². The van der Waals surface area contributed by atoms with E-state index in [1.807, 2.05) is 17.5 Å². The highest BCUT2D eigenvalue weighted by atomic mass is 32.1. The van der Waals surface area contributed by atoms with Crippen LogP contribution in [0.3, 0.4) is 0 Å². The van der Waals surface area contributed by atoms with E-state index in [1.165, 1.54) is 35.6 Å². The van der Waals surface area contributed by atoms with Crippen molar-refractivity contribution in [2.75, 3.05) is 10.6 Å². The summed E-state index contributed by atoms with van der Waals surface area (Å²) in [6.07, 6.45) is -1.26. The van der Waals surface area contributed by atoms with Crippen molar-refractivity contribution in [1.82, 2.24) is 0 Å². The molecule has 0 bridgehead atoms. The fraction of sp³-hybridized carbons (Fsp3) is 0. The van der Waals surface area contributed by atoms with Gasteiger partial charge in [-0.1, -0.05) is 12.1 Å². The average Bonchev–Trinajstić information content (AvgIpc) is 3.17. The summed E-state index contributed by atoms with van der Waals surface area (Å²) in [5, 5.41) is 26.5. The van der Waals surface area contributed by atoms with E-state index in [1.54, 1.807) is 18.2 Å². The Labute approximate surface area is 157 Å².